The van der Waals surface area contributed by atoms with Crippen LogP contribution in [0.3, 0.4) is 0 Å². The Bertz CT molecular complexity index is 636. The highest BCUT2D eigenvalue weighted by Crippen LogP contribution is 2.39. The number of amides is 1. The fraction of sp³-hybridized carbons (Fsp3) is 0.684. The number of hydrogen-bond acceptors (Lipinski definition) is 4. The standard InChI is InChI=1S/C19H27ClN2O3/c1-5-13-10-21-18(20)12(4)17(13)25-16-8-14-6-7-15(9-16)22(14)19(23)24-11(2)3/h10-11,14-16H,5-9H2,1-4H3. The first-order valence-electron chi connectivity index (χ1n) is 9.20. The van der Waals surface area contributed by atoms with E-state index >= 15 is 0 Å². The van der Waals surface area contributed by atoms with Gasteiger partial charge in [-0.05, 0) is 40.0 Å². The van der Waals surface area contributed by atoms with Crippen molar-refractivity contribution in [2.45, 2.75) is 84.1 Å². The molecule has 5 nitrogen and oxygen atoms in total. The normalized spacial score (nSPS) is 25.4. The predicted molar refractivity (Wildman–Crippen MR) is 97.3 cm³/mol. The Kier molecular flexibility index (Phi) is 5.42. The molecule has 2 aliphatic rings. The minimum atomic E-state index is -0.182. The molecule has 1 aromatic heterocycles. The second kappa shape index (κ2) is 7.40. The molecule has 2 fully saturated rings. The van der Waals surface area contributed by atoms with Crippen LogP contribution < -0.4 is 4.74 Å². The van der Waals surface area contributed by atoms with Crippen molar-refractivity contribution in [3.63, 3.8) is 0 Å². The summed E-state index contributed by atoms with van der Waals surface area (Å²) in [5.41, 5.74) is 1.98. The first-order chi connectivity index (χ1) is 11.9. The number of pyridine rings is 1. The third kappa shape index (κ3) is 3.71. The van der Waals surface area contributed by atoms with Gasteiger partial charge in [-0.1, -0.05) is 18.5 Å². The van der Waals surface area contributed by atoms with E-state index in [1.54, 1.807) is 6.20 Å². The van der Waals surface area contributed by atoms with Gasteiger partial charge in [-0.15, -0.1) is 0 Å². The molecule has 2 bridgehead atoms. The lowest BCUT2D eigenvalue weighted by molar-refractivity contribution is 0.0215. The molecule has 3 rings (SSSR count). The van der Waals surface area contributed by atoms with Crippen LogP contribution in [0.1, 0.15) is 57.6 Å². The van der Waals surface area contributed by atoms with E-state index in [2.05, 4.69) is 11.9 Å². The number of ether oxygens (including phenoxy) is 2. The third-order valence-corrected chi connectivity index (χ3v) is 5.56. The summed E-state index contributed by atoms with van der Waals surface area (Å²) in [5, 5.41) is 0.494. The maximum Gasteiger partial charge on any atom is 0.410 e. The minimum absolute atomic E-state index is 0.0883. The van der Waals surface area contributed by atoms with Crippen LogP contribution in [0.5, 0.6) is 5.75 Å². The van der Waals surface area contributed by atoms with Crippen LogP contribution >= 0.6 is 11.6 Å². The van der Waals surface area contributed by atoms with E-state index in [1.807, 2.05) is 25.7 Å². The average Bonchev–Trinajstić information content (AvgIpc) is 2.83. The molecule has 3 heterocycles. The monoisotopic (exact) mass is 366 g/mol. The number of nitrogens with zero attached hydrogens (tertiary/aromatic N) is 2. The van der Waals surface area contributed by atoms with Crippen LogP contribution in [0.2, 0.25) is 5.15 Å². The van der Waals surface area contributed by atoms with Crippen molar-refractivity contribution in [2.75, 3.05) is 0 Å². The van der Waals surface area contributed by atoms with E-state index in [-0.39, 0.29) is 30.4 Å². The summed E-state index contributed by atoms with van der Waals surface area (Å²) in [6.07, 6.45) is 6.21. The van der Waals surface area contributed by atoms with Gasteiger partial charge in [-0.2, -0.15) is 0 Å². The number of carbonyl (C=O) groups is 1. The van der Waals surface area contributed by atoms with Crippen molar-refractivity contribution >= 4 is 17.7 Å². The van der Waals surface area contributed by atoms with Gasteiger partial charge >= 0.3 is 6.09 Å². The van der Waals surface area contributed by atoms with Gasteiger partial charge in [0.1, 0.15) is 17.0 Å². The van der Waals surface area contributed by atoms with Gasteiger partial charge in [0.15, 0.2) is 0 Å². The van der Waals surface area contributed by atoms with Gasteiger partial charge in [0, 0.05) is 42.2 Å². The van der Waals surface area contributed by atoms with Crippen molar-refractivity contribution in [2.24, 2.45) is 0 Å². The molecule has 1 aromatic rings. The molecule has 0 N–H and O–H groups in total. The van der Waals surface area contributed by atoms with E-state index in [0.29, 0.717) is 5.15 Å². The number of aryl methyl sites for hydroxylation is 1. The molecule has 138 valence electrons. The number of halogens is 1. The number of rotatable bonds is 4. The van der Waals surface area contributed by atoms with E-state index in [9.17, 15) is 4.79 Å². The molecule has 25 heavy (non-hydrogen) atoms. The van der Waals surface area contributed by atoms with Crippen LogP contribution in [0.15, 0.2) is 6.20 Å². The fourth-order valence-corrected chi connectivity index (χ4v) is 4.13. The van der Waals surface area contributed by atoms with E-state index in [1.165, 1.54) is 0 Å². The SMILES string of the molecule is CCc1cnc(Cl)c(C)c1OC1CC2CCC(C1)N2C(=O)OC(C)C. The number of fused-ring (bicyclic) bond motifs is 2. The Morgan fingerprint density at radius 1 is 1.36 bits per heavy atom. The predicted octanol–water partition coefficient (Wildman–Crippen LogP) is 4.53. The minimum Gasteiger partial charge on any atom is -0.490 e. The number of piperidine rings is 1. The van der Waals surface area contributed by atoms with E-state index < -0.39 is 0 Å². The summed E-state index contributed by atoms with van der Waals surface area (Å²) >= 11 is 6.18. The highest BCUT2D eigenvalue weighted by Gasteiger charge is 2.45. The zero-order chi connectivity index (χ0) is 18.1. The van der Waals surface area contributed by atoms with E-state index in [0.717, 1.165) is 49.0 Å². The molecule has 2 atom stereocenters. The molecule has 1 amide bonds. The first kappa shape index (κ1) is 18.3. The molecule has 2 unspecified atom stereocenters. The Morgan fingerprint density at radius 2 is 2.00 bits per heavy atom. The van der Waals surface area contributed by atoms with Gasteiger partial charge in [-0.3, -0.25) is 0 Å². The summed E-state index contributed by atoms with van der Waals surface area (Å²) in [6.45, 7) is 7.81. The van der Waals surface area contributed by atoms with Gasteiger partial charge in [0.05, 0.1) is 6.10 Å². The van der Waals surface area contributed by atoms with Crippen LogP contribution in [0, 0.1) is 6.92 Å². The van der Waals surface area contributed by atoms with Gasteiger partial charge < -0.3 is 14.4 Å². The van der Waals surface area contributed by atoms with Crippen LogP contribution in [0.25, 0.3) is 0 Å². The Morgan fingerprint density at radius 3 is 2.56 bits per heavy atom. The van der Waals surface area contributed by atoms with Gasteiger partial charge in [0.2, 0.25) is 0 Å². The maximum absolute atomic E-state index is 12.4. The lowest BCUT2D eigenvalue weighted by Crippen LogP contribution is -2.50. The Labute approximate surface area is 154 Å². The Balaban J connectivity index is 1.73. The molecule has 0 radical (unpaired) electrons. The molecule has 0 spiro atoms. The first-order valence-corrected chi connectivity index (χ1v) is 9.58. The second-order valence-corrected chi connectivity index (χ2v) is 7.68. The smallest absolute Gasteiger partial charge is 0.410 e. The fourth-order valence-electron chi connectivity index (χ4n) is 3.99. The zero-order valence-electron chi connectivity index (χ0n) is 15.4. The molecule has 2 saturated heterocycles. The highest BCUT2D eigenvalue weighted by molar-refractivity contribution is 6.30. The summed E-state index contributed by atoms with van der Waals surface area (Å²) in [7, 11) is 0. The van der Waals surface area contributed by atoms with Crippen LogP contribution in [0.4, 0.5) is 4.79 Å². The van der Waals surface area contributed by atoms with Gasteiger partial charge in [-0.25, -0.2) is 9.78 Å². The number of carbonyl (C=O) groups excluding carboxylic acids is 1. The topological polar surface area (TPSA) is 51.7 Å². The molecule has 2 aliphatic heterocycles. The molecule has 0 aromatic carbocycles. The van der Waals surface area contributed by atoms with Gasteiger partial charge in [0.25, 0.3) is 0 Å². The summed E-state index contributed by atoms with van der Waals surface area (Å²) in [4.78, 5) is 18.5. The Hall–Kier alpha value is -1.49. The highest BCUT2D eigenvalue weighted by atomic mass is 35.5. The number of hydrogen-bond donors (Lipinski definition) is 0. The third-order valence-electron chi connectivity index (χ3n) is 5.18. The van der Waals surface area contributed by atoms with Crippen molar-refractivity contribution < 1.29 is 14.3 Å². The van der Waals surface area contributed by atoms with Crippen molar-refractivity contribution in [3.05, 3.63) is 22.5 Å². The molecule has 6 heteroatoms. The lowest BCUT2D eigenvalue weighted by atomic mass is 10.00. The zero-order valence-corrected chi connectivity index (χ0v) is 16.2. The maximum atomic E-state index is 12.4. The van der Waals surface area contributed by atoms with Crippen molar-refractivity contribution in [1.82, 2.24) is 9.88 Å². The van der Waals surface area contributed by atoms with Crippen molar-refractivity contribution in [3.8, 4) is 5.75 Å². The quantitative estimate of drug-likeness (QED) is 0.735. The van der Waals surface area contributed by atoms with Crippen molar-refractivity contribution in [1.29, 1.82) is 0 Å². The molecular formula is C19H27ClN2O3. The van der Waals surface area contributed by atoms with E-state index in [4.69, 9.17) is 21.1 Å². The molecule has 0 aliphatic carbocycles. The summed E-state index contributed by atoms with van der Waals surface area (Å²) < 4.78 is 11.8. The lowest BCUT2D eigenvalue weighted by Gasteiger charge is -2.38. The largest absolute Gasteiger partial charge is 0.490 e. The van der Waals surface area contributed by atoms with Crippen LogP contribution in [-0.4, -0.2) is 40.3 Å². The van der Waals surface area contributed by atoms with Crippen LogP contribution in [-0.2, 0) is 11.2 Å². The number of aromatic nitrogens is 1. The average molecular weight is 367 g/mol. The summed E-state index contributed by atoms with van der Waals surface area (Å²) in [6, 6.07) is 0.412. The molecule has 0 saturated carbocycles. The summed E-state index contributed by atoms with van der Waals surface area (Å²) in [5.74, 6) is 0.866. The molecular weight excluding hydrogens is 340 g/mol. The second-order valence-electron chi connectivity index (χ2n) is 7.32.